The van der Waals surface area contributed by atoms with Crippen LogP contribution in [-0.4, -0.2) is 31.8 Å². The Morgan fingerprint density at radius 2 is 1.93 bits per heavy atom. The molecule has 0 spiro atoms. The highest BCUT2D eigenvalue weighted by atomic mass is 16.6. The van der Waals surface area contributed by atoms with E-state index >= 15 is 0 Å². The number of nitrogens with two attached hydrogens (primary N) is 1. The van der Waals surface area contributed by atoms with E-state index in [2.05, 4.69) is 0 Å². The second kappa shape index (κ2) is 8.68. The summed E-state index contributed by atoms with van der Waals surface area (Å²) < 4.78 is 10.3. The highest BCUT2D eigenvalue weighted by Crippen LogP contribution is 2.06. The Morgan fingerprint density at radius 3 is 2.47 bits per heavy atom. The van der Waals surface area contributed by atoms with Crippen molar-refractivity contribution in [1.82, 2.24) is 0 Å². The summed E-state index contributed by atoms with van der Waals surface area (Å²) in [6.07, 6.45) is 1.83. The van der Waals surface area contributed by atoms with Crippen molar-refractivity contribution in [2.45, 2.75) is 39.7 Å². The number of esters is 1. The van der Waals surface area contributed by atoms with Crippen molar-refractivity contribution in [3.8, 4) is 0 Å². The first-order valence-electron chi connectivity index (χ1n) is 5.56. The number of ether oxygens (including phenoxy) is 2. The minimum absolute atomic E-state index is 0.0624. The summed E-state index contributed by atoms with van der Waals surface area (Å²) in [5.41, 5.74) is 5.36. The lowest BCUT2D eigenvalue weighted by atomic mass is 10.1. The van der Waals surface area contributed by atoms with Crippen LogP contribution in [0.25, 0.3) is 0 Å². The van der Waals surface area contributed by atoms with Gasteiger partial charge in [-0.1, -0.05) is 6.92 Å². The lowest BCUT2D eigenvalue weighted by Crippen LogP contribution is -2.19. The molecule has 4 heteroatoms. The van der Waals surface area contributed by atoms with Gasteiger partial charge in [0.2, 0.25) is 0 Å². The van der Waals surface area contributed by atoms with Crippen molar-refractivity contribution in [3.05, 3.63) is 0 Å². The third-order valence-electron chi connectivity index (χ3n) is 2.02. The minimum atomic E-state index is -0.157. The molecule has 0 fully saturated rings. The Kier molecular flexibility index (Phi) is 8.33. The van der Waals surface area contributed by atoms with E-state index < -0.39 is 0 Å². The molecular formula is C11H23NO3. The van der Waals surface area contributed by atoms with Gasteiger partial charge in [-0.2, -0.15) is 0 Å². The number of carbonyl (C=O) groups is 1. The molecule has 1 unspecified atom stereocenters. The molecule has 0 rings (SSSR count). The van der Waals surface area contributed by atoms with Crippen LogP contribution in [0.3, 0.4) is 0 Å². The Bertz CT molecular complexity index is 171. The van der Waals surface area contributed by atoms with Gasteiger partial charge in [-0.05, 0) is 33.2 Å². The van der Waals surface area contributed by atoms with Crippen molar-refractivity contribution in [3.63, 3.8) is 0 Å². The fraction of sp³-hybridized carbons (Fsp3) is 0.909. The van der Waals surface area contributed by atoms with Gasteiger partial charge >= 0.3 is 5.97 Å². The third kappa shape index (κ3) is 8.39. The zero-order chi connectivity index (χ0) is 11.7. The first-order valence-corrected chi connectivity index (χ1v) is 5.56. The number of rotatable bonds is 8. The zero-order valence-corrected chi connectivity index (χ0v) is 9.99. The maximum atomic E-state index is 11.4. The van der Waals surface area contributed by atoms with E-state index in [0.29, 0.717) is 19.8 Å². The van der Waals surface area contributed by atoms with E-state index in [-0.39, 0.29) is 18.0 Å². The van der Waals surface area contributed by atoms with Gasteiger partial charge < -0.3 is 15.2 Å². The lowest BCUT2D eigenvalue weighted by molar-refractivity contribution is -0.150. The van der Waals surface area contributed by atoms with Crippen molar-refractivity contribution in [2.75, 3.05) is 19.8 Å². The van der Waals surface area contributed by atoms with Gasteiger partial charge in [0.25, 0.3) is 0 Å². The Hall–Kier alpha value is -0.610. The van der Waals surface area contributed by atoms with Gasteiger partial charge in [-0.15, -0.1) is 0 Å². The third-order valence-corrected chi connectivity index (χ3v) is 2.02. The molecule has 0 radical (unpaired) electrons. The van der Waals surface area contributed by atoms with Gasteiger partial charge in [0.15, 0.2) is 0 Å². The van der Waals surface area contributed by atoms with Crippen molar-refractivity contribution in [2.24, 2.45) is 11.7 Å². The topological polar surface area (TPSA) is 61.5 Å². The summed E-state index contributed by atoms with van der Waals surface area (Å²) in [4.78, 5) is 11.4. The minimum Gasteiger partial charge on any atom is -0.463 e. The number of carbonyl (C=O) groups excluding carboxylic acids is 1. The molecule has 15 heavy (non-hydrogen) atoms. The van der Waals surface area contributed by atoms with Crippen LogP contribution in [0.1, 0.15) is 33.6 Å². The molecule has 0 aliphatic rings. The summed E-state index contributed by atoms with van der Waals surface area (Å²) in [5.74, 6) is -0.219. The monoisotopic (exact) mass is 217 g/mol. The Morgan fingerprint density at radius 1 is 1.27 bits per heavy atom. The van der Waals surface area contributed by atoms with Crippen LogP contribution in [0.5, 0.6) is 0 Å². The molecule has 0 amide bonds. The molecule has 2 N–H and O–H groups in total. The molecule has 0 saturated carbocycles. The molecule has 0 aliphatic heterocycles. The molecule has 0 aromatic carbocycles. The molecule has 4 nitrogen and oxygen atoms in total. The second-order valence-electron chi connectivity index (χ2n) is 3.92. The summed E-state index contributed by atoms with van der Waals surface area (Å²) in [6.45, 7) is 7.18. The lowest BCUT2D eigenvalue weighted by Gasteiger charge is -2.12. The van der Waals surface area contributed by atoms with Gasteiger partial charge in [0.05, 0.1) is 18.6 Å². The molecule has 0 saturated heterocycles. The summed E-state index contributed by atoms with van der Waals surface area (Å²) in [7, 11) is 0. The summed E-state index contributed by atoms with van der Waals surface area (Å²) >= 11 is 0. The van der Waals surface area contributed by atoms with E-state index in [1.54, 1.807) is 0 Å². The number of hydrogen-bond acceptors (Lipinski definition) is 4. The standard InChI is InChI=1S/C11H23NO3/c1-9(2)14-7-8-15-11(13)10(3)5-4-6-12/h9-10H,4-8,12H2,1-3H3. The van der Waals surface area contributed by atoms with Gasteiger partial charge in [-0.25, -0.2) is 0 Å². The first-order chi connectivity index (χ1) is 7.07. The van der Waals surface area contributed by atoms with Crippen LogP contribution < -0.4 is 5.73 Å². The largest absolute Gasteiger partial charge is 0.463 e. The smallest absolute Gasteiger partial charge is 0.308 e. The van der Waals surface area contributed by atoms with Crippen LogP contribution >= 0.6 is 0 Å². The molecule has 0 heterocycles. The Balaban J connectivity index is 3.47. The summed E-state index contributed by atoms with van der Waals surface area (Å²) in [6, 6.07) is 0. The highest BCUT2D eigenvalue weighted by molar-refractivity contribution is 5.71. The number of hydrogen-bond donors (Lipinski definition) is 1. The summed E-state index contributed by atoms with van der Waals surface area (Å²) in [5, 5.41) is 0. The van der Waals surface area contributed by atoms with Gasteiger partial charge in [0.1, 0.15) is 6.61 Å². The normalized spacial score (nSPS) is 12.9. The van der Waals surface area contributed by atoms with Crippen molar-refractivity contribution >= 4 is 5.97 Å². The fourth-order valence-corrected chi connectivity index (χ4v) is 1.11. The van der Waals surface area contributed by atoms with Crippen LogP contribution in [-0.2, 0) is 14.3 Å². The van der Waals surface area contributed by atoms with E-state index in [4.69, 9.17) is 15.2 Å². The second-order valence-corrected chi connectivity index (χ2v) is 3.92. The highest BCUT2D eigenvalue weighted by Gasteiger charge is 2.13. The van der Waals surface area contributed by atoms with Crippen LogP contribution in [0.15, 0.2) is 0 Å². The zero-order valence-electron chi connectivity index (χ0n) is 9.99. The molecule has 0 aromatic rings. The maximum absolute atomic E-state index is 11.4. The van der Waals surface area contributed by atoms with Crippen LogP contribution in [0.2, 0.25) is 0 Å². The predicted octanol–water partition coefficient (Wildman–Crippen LogP) is 1.33. The van der Waals surface area contributed by atoms with E-state index in [1.165, 1.54) is 0 Å². The van der Waals surface area contributed by atoms with E-state index in [1.807, 2.05) is 20.8 Å². The SMILES string of the molecule is CC(C)OCCOC(=O)C(C)CCCN. The van der Waals surface area contributed by atoms with E-state index in [9.17, 15) is 4.79 Å². The molecule has 0 aliphatic carbocycles. The van der Waals surface area contributed by atoms with Crippen molar-refractivity contribution < 1.29 is 14.3 Å². The molecule has 1 atom stereocenters. The Labute approximate surface area is 92.1 Å². The molecular weight excluding hydrogens is 194 g/mol. The first kappa shape index (κ1) is 14.4. The molecule has 0 bridgehead atoms. The van der Waals surface area contributed by atoms with Crippen molar-refractivity contribution in [1.29, 1.82) is 0 Å². The van der Waals surface area contributed by atoms with Gasteiger partial charge in [0, 0.05) is 0 Å². The average Bonchev–Trinajstić information content (AvgIpc) is 2.20. The maximum Gasteiger partial charge on any atom is 0.308 e. The fourth-order valence-electron chi connectivity index (χ4n) is 1.11. The van der Waals surface area contributed by atoms with E-state index in [0.717, 1.165) is 12.8 Å². The predicted molar refractivity (Wildman–Crippen MR) is 59.5 cm³/mol. The van der Waals surface area contributed by atoms with Crippen LogP contribution in [0, 0.1) is 5.92 Å². The quantitative estimate of drug-likeness (QED) is 0.492. The molecule has 90 valence electrons. The molecule has 0 aromatic heterocycles. The van der Waals surface area contributed by atoms with Crippen LogP contribution in [0.4, 0.5) is 0 Å². The average molecular weight is 217 g/mol. The van der Waals surface area contributed by atoms with Gasteiger partial charge in [-0.3, -0.25) is 4.79 Å².